The first kappa shape index (κ1) is 41.4. The molecule has 0 aromatic carbocycles. The van der Waals surface area contributed by atoms with Crippen LogP contribution in [0.2, 0.25) is 0 Å². The summed E-state index contributed by atoms with van der Waals surface area (Å²) < 4.78 is 47.4. The van der Waals surface area contributed by atoms with E-state index in [4.69, 9.17) is 37.9 Å². The fourth-order valence-electron chi connectivity index (χ4n) is 8.87. The second-order valence-electron chi connectivity index (χ2n) is 15.0. The van der Waals surface area contributed by atoms with E-state index in [0.29, 0.717) is 0 Å². The topological polar surface area (TPSA) is 267 Å². The molecule has 4 bridgehead atoms. The van der Waals surface area contributed by atoms with Gasteiger partial charge in [-0.15, -0.1) is 0 Å². The summed E-state index contributed by atoms with van der Waals surface area (Å²) in [6, 6.07) is 2.82. The van der Waals surface area contributed by atoms with Crippen molar-refractivity contribution in [3.05, 3.63) is 29.6 Å². The van der Waals surface area contributed by atoms with Gasteiger partial charge in [0.15, 0.2) is 23.4 Å². The molecule has 1 saturated heterocycles. The minimum atomic E-state index is -2.89. The molecule has 4 aliphatic rings. The Balaban J connectivity index is 1.95. The van der Waals surface area contributed by atoms with Crippen molar-refractivity contribution in [2.75, 3.05) is 13.2 Å². The lowest BCUT2D eigenvalue weighted by Gasteiger charge is -2.67. The molecule has 3 fully saturated rings. The zero-order chi connectivity index (χ0) is 41.1. The Morgan fingerprint density at radius 1 is 0.855 bits per heavy atom. The Bertz CT molecular complexity index is 1780. The number of pyridine rings is 1. The molecule has 5 rings (SSSR count). The highest BCUT2D eigenvalue weighted by molar-refractivity contribution is 5.90. The van der Waals surface area contributed by atoms with Crippen LogP contribution in [-0.2, 0) is 73.1 Å². The van der Waals surface area contributed by atoms with E-state index in [1.807, 2.05) is 0 Å². The summed E-state index contributed by atoms with van der Waals surface area (Å²) in [5.74, 6) is -9.11. The van der Waals surface area contributed by atoms with E-state index >= 15 is 0 Å². The van der Waals surface area contributed by atoms with E-state index in [0.717, 1.165) is 48.5 Å². The molecule has 2 aliphatic carbocycles. The molecule has 302 valence electrons. The fraction of sp³-hybridized carbons (Fsp3) is 0.667. The minimum Gasteiger partial charge on any atom is -0.465 e. The van der Waals surface area contributed by atoms with E-state index in [1.165, 1.54) is 25.3 Å². The van der Waals surface area contributed by atoms with Crippen LogP contribution in [0.3, 0.4) is 0 Å². The maximum Gasteiger partial charge on any atom is 0.340 e. The number of aliphatic hydroxyl groups excluding tert-OH is 1. The quantitative estimate of drug-likeness (QED) is 0.240. The predicted molar refractivity (Wildman–Crippen MR) is 177 cm³/mol. The third-order valence-corrected chi connectivity index (χ3v) is 10.9. The summed E-state index contributed by atoms with van der Waals surface area (Å²) in [4.78, 5) is 96.7. The van der Waals surface area contributed by atoms with Crippen molar-refractivity contribution in [3.63, 3.8) is 0 Å². The number of aromatic nitrogens is 1. The highest BCUT2D eigenvalue weighted by Gasteiger charge is 2.91. The molecular formula is C36H45NO18. The van der Waals surface area contributed by atoms with Crippen LogP contribution in [0.25, 0.3) is 0 Å². The Morgan fingerprint density at radius 2 is 1.44 bits per heavy atom. The molecule has 3 heterocycles. The first-order valence-electron chi connectivity index (χ1n) is 17.4. The van der Waals surface area contributed by atoms with Gasteiger partial charge >= 0.3 is 41.8 Å². The van der Waals surface area contributed by atoms with Gasteiger partial charge < -0.3 is 53.2 Å². The van der Waals surface area contributed by atoms with Crippen molar-refractivity contribution >= 4 is 41.8 Å². The molecular weight excluding hydrogens is 734 g/mol. The van der Waals surface area contributed by atoms with E-state index < -0.39 is 132 Å². The van der Waals surface area contributed by atoms with Crippen LogP contribution >= 0.6 is 0 Å². The summed E-state index contributed by atoms with van der Waals surface area (Å²) in [5, 5.41) is 36.8. The number of rotatable bonds is 6. The Morgan fingerprint density at radius 3 is 2.02 bits per heavy atom. The van der Waals surface area contributed by atoms with E-state index in [-0.39, 0.29) is 17.7 Å². The van der Waals surface area contributed by atoms with Gasteiger partial charge in [-0.3, -0.25) is 29.0 Å². The van der Waals surface area contributed by atoms with Gasteiger partial charge in [0.1, 0.15) is 54.2 Å². The van der Waals surface area contributed by atoms with Gasteiger partial charge in [-0.2, -0.15) is 0 Å². The molecule has 19 heteroatoms. The van der Waals surface area contributed by atoms with Crippen molar-refractivity contribution in [1.29, 1.82) is 0 Å². The van der Waals surface area contributed by atoms with Crippen LogP contribution in [0, 0.1) is 11.3 Å². The van der Waals surface area contributed by atoms with E-state index in [1.54, 1.807) is 0 Å². The first-order valence-corrected chi connectivity index (χ1v) is 17.4. The monoisotopic (exact) mass is 779 g/mol. The fourth-order valence-corrected chi connectivity index (χ4v) is 8.87. The van der Waals surface area contributed by atoms with Gasteiger partial charge in [0.05, 0.1) is 17.2 Å². The summed E-state index contributed by atoms with van der Waals surface area (Å²) >= 11 is 0. The molecule has 12 atom stereocenters. The SMILES string of the molecule is CC(=O)OC[C@]12[C@H](OC(C)=O)[C@@H](OC(C)=O)[C@@H]3[C@H](OC(C)=O)[C@@]14O[C@@]3(C)COC(=O)c1cccnc1CC[C@@](C)(O)C(=O)O[C@H]([C@H](O)[C@@H]2OC(C)=O)[C@]4(C)O. The largest absolute Gasteiger partial charge is 0.465 e. The van der Waals surface area contributed by atoms with Crippen molar-refractivity contribution < 1.29 is 86.8 Å². The number of carbonyl (C=O) groups is 7. The number of hydrogen-bond donors (Lipinski definition) is 3. The predicted octanol–water partition coefficient (Wildman–Crippen LogP) is -0.593. The third kappa shape index (κ3) is 6.69. The molecule has 1 aromatic rings. The molecule has 2 saturated carbocycles. The molecule has 3 N–H and O–H groups in total. The number of aliphatic hydroxyl groups is 3. The Labute approximate surface area is 314 Å². The maximum atomic E-state index is 13.9. The molecule has 0 amide bonds. The van der Waals surface area contributed by atoms with Crippen LogP contribution in [0.4, 0.5) is 0 Å². The van der Waals surface area contributed by atoms with Gasteiger partial charge in [0.25, 0.3) is 0 Å². The number of aryl methyl sites for hydroxylation is 1. The average Bonchev–Trinajstić information content (AvgIpc) is 3.29. The lowest BCUT2D eigenvalue weighted by atomic mass is 9.45. The van der Waals surface area contributed by atoms with E-state index in [2.05, 4.69) is 4.98 Å². The van der Waals surface area contributed by atoms with E-state index in [9.17, 15) is 48.9 Å². The number of fused-ring (bicyclic) bond motifs is 5. The summed E-state index contributed by atoms with van der Waals surface area (Å²) in [7, 11) is 0. The summed E-state index contributed by atoms with van der Waals surface area (Å²) in [5.41, 5.74) is -12.7. The summed E-state index contributed by atoms with van der Waals surface area (Å²) in [6.45, 7) is 6.46. The molecule has 0 unspecified atom stereocenters. The number of carbonyl (C=O) groups excluding carboxylic acids is 7. The number of nitrogens with zero attached hydrogens (tertiary/aromatic N) is 1. The van der Waals surface area contributed by atoms with Crippen molar-refractivity contribution in [1.82, 2.24) is 4.98 Å². The van der Waals surface area contributed by atoms with Gasteiger partial charge in [-0.05, 0) is 45.7 Å². The minimum absolute atomic E-state index is 0.0737. The molecule has 19 nitrogen and oxygen atoms in total. The van der Waals surface area contributed by atoms with Gasteiger partial charge in [-0.1, -0.05) is 0 Å². The molecule has 0 radical (unpaired) electrons. The van der Waals surface area contributed by atoms with Crippen molar-refractivity contribution in [2.45, 2.75) is 127 Å². The average molecular weight is 780 g/mol. The van der Waals surface area contributed by atoms with Gasteiger partial charge in [0, 0.05) is 40.8 Å². The number of cyclic esters (lactones) is 1. The second kappa shape index (κ2) is 14.4. The van der Waals surface area contributed by atoms with Gasteiger partial charge in [0.2, 0.25) is 0 Å². The van der Waals surface area contributed by atoms with Crippen LogP contribution in [0.15, 0.2) is 18.3 Å². The molecule has 1 aromatic heterocycles. The van der Waals surface area contributed by atoms with Crippen molar-refractivity contribution in [3.8, 4) is 0 Å². The zero-order valence-corrected chi connectivity index (χ0v) is 31.5. The van der Waals surface area contributed by atoms with Crippen LogP contribution in [-0.4, -0.2) is 134 Å². The lowest BCUT2D eigenvalue weighted by molar-refractivity contribution is -0.387. The highest BCUT2D eigenvalue weighted by atomic mass is 16.7. The first-order chi connectivity index (χ1) is 25.5. The second-order valence-corrected chi connectivity index (χ2v) is 15.0. The van der Waals surface area contributed by atoms with Gasteiger partial charge in [-0.25, -0.2) is 9.59 Å². The van der Waals surface area contributed by atoms with Crippen LogP contribution < -0.4 is 0 Å². The molecule has 2 aliphatic heterocycles. The highest BCUT2D eigenvalue weighted by Crippen LogP contribution is 2.70. The Hall–Kier alpha value is -4.72. The summed E-state index contributed by atoms with van der Waals surface area (Å²) in [6.07, 6.45) is -11.7. The lowest BCUT2D eigenvalue weighted by Crippen LogP contribution is -2.89. The van der Waals surface area contributed by atoms with Crippen molar-refractivity contribution in [2.24, 2.45) is 11.3 Å². The zero-order valence-electron chi connectivity index (χ0n) is 31.5. The Kier molecular flexibility index (Phi) is 10.9. The standard InChI is InChI=1S/C36H45NO18/c1-16(38)48-15-35-28(52-19(4)41)24(43)27-34(8,47)36(35)26(51-18(3)40)23(25(50-17(2)39)29(35)53-20(5)42)33(7,55-36)14-49-30(44)21-10-9-13-37-22(21)11-12-32(6,46)31(45)54-27/h9-10,13,23-29,43,46-47H,11-12,14-15H2,1-8H3/t23-,24+,25+,26+,27-,28+,29-,32-,33+,34+,35+,36+/m1/s1. The number of ether oxygens (including phenoxy) is 8. The maximum absolute atomic E-state index is 13.9. The van der Waals surface area contributed by atoms with Crippen LogP contribution in [0.1, 0.15) is 77.9 Å². The normalized spacial score (nSPS) is 39.5. The number of hydrogen-bond acceptors (Lipinski definition) is 19. The molecule has 55 heavy (non-hydrogen) atoms. The van der Waals surface area contributed by atoms with Crippen LogP contribution in [0.5, 0.6) is 0 Å². The number of esters is 7. The third-order valence-electron chi connectivity index (χ3n) is 10.9. The molecule has 1 spiro atoms. The smallest absolute Gasteiger partial charge is 0.340 e.